The Balaban J connectivity index is 2.04. The number of aromatic nitrogens is 1. The minimum atomic E-state index is 0.165. The maximum absolute atomic E-state index is 5.80. The number of allylic oxidation sites excluding steroid dienone is 2. The number of nitrogens with zero attached hydrogens (tertiary/aromatic N) is 1. The van der Waals surface area contributed by atoms with Crippen LogP contribution >= 0.6 is 11.3 Å². The van der Waals surface area contributed by atoms with Crippen LogP contribution in [0.5, 0.6) is 0 Å². The molecule has 2 N–H and O–H groups in total. The summed E-state index contributed by atoms with van der Waals surface area (Å²) in [7, 11) is 0. The second-order valence-corrected chi connectivity index (χ2v) is 4.94. The fourth-order valence-electron chi connectivity index (χ4n) is 1.79. The van der Waals surface area contributed by atoms with Crippen molar-refractivity contribution in [2.45, 2.75) is 12.5 Å². The highest BCUT2D eigenvalue weighted by Crippen LogP contribution is 2.29. The van der Waals surface area contributed by atoms with Gasteiger partial charge in [0.1, 0.15) is 5.01 Å². The fraction of sp³-hybridized carbons (Fsp3) is 0.154. The summed E-state index contributed by atoms with van der Waals surface area (Å²) in [6.07, 6.45) is 7.19. The molecule has 3 heteroatoms. The van der Waals surface area contributed by atoms with Crippen molar-refractivity contribution < 1.29 is 0 Å². The minimum absolute atomic E-state index is 0.165. The van der Waals surface area contributed by atoms with Crippen LogP contribution in [-0.4, -0.2) is 11.0 Å². The maximum atomic E-state index is 5.80. The van der Waals surface area contributed by atoms with Gasteiger partial charge in [0.05, 0.1) is 10.2 Å². The summed E-state index contributed by atoms with van der Waals surface area (Å²) >= 11 is 1.73. The van der Waals surface area contributed by atoms with E-state index in [1.54, 1.807) is 11.3 Å². The molecule has 0 aliphatic heterocycles. The first kappa shape index (κ1) is 9.75. The summed E-state index contributed by atoms with van der Waals surface area (Å²) in [5.41, 5.74) is 8.07. The number of para-hydroxylation sites is 1. The van der Waals surface area contributed by atoms with E-state index in [2.05, 4.69) is 23.2 Å². The summed E-state index contributed by atoms with van der Waals surface area (Å²) in [4.78, 5) is 4.62. The van der Waals surface area contributed by atoms with Crippen LogP contribution < -0.4 is 5.73 Å². The first-order valence-electron chi connectivity index (χ1n) is 5.33. The van der Waals surface area contributed by atoms with Gasteiger partial charge in [-0.1, -0.05) is 30.4 Å². The Morgan fingerprint density at radius 1 is 1.31 bits per heavy atom. The topological polar surface area (TPSA) is 38.9 Å². The van der Waals surface area contributed by atoms with Crippen molar-refractivity contribution in [2.75, 3.05) is 0 Å². The molecule has 16 heavy (non-hydrogen) atoms. The summed E-state index contributed by atoms with van der Waals surface area (Å²) in [6, 6.07) is 8.39. The molecule has 0 fully saturated rings. The number of thiazole rings is 1. The van der Waals surface area contributed by atoms with Crippen LogP contribution in [0.25, 0.3) is 15.8 Å². The number of fused-ring (bicyclic) bond motifs is 1. The fourth-order valence-corrected chi connectivity index (χ4v) is 2.78. The molecule has 2 nitrogen and oxygen atoms in total. The lowest BCUT2D eigenvalue weighted by Crippen LogP contribution is -2.17. The van der Waals surface area contributed by atoms with Crippen LogP contribution in [0.1, 0.15) is 11.4 Å². The summed E-state index contributed by atoms with van der Waals surface area (Å²) in [5, 5.41) is 1.09. The Morgan fingerprint density at radius 3 is 2.94 bits per heavy atom. The smallest absolute Gasteiger partial charge is 0.124 e. The quantitative estimate of drug-likeness (QED) is 0.815. The van der Waals surface area contributed by atoms with Gasteiger partial charge in [0, 0.05) is 11.6 Å². The van der Waals surface area contributed by atoms with Crippen molar-refractivity contribution in [1.29, 1.82) is 0 Å². The molecule has 1 aromatic carbocycles. The zero-order valence-electron chi connectivity index (χ0n) is 8.76. The Bertz CT molecular complexity index is 547. The first-order chi connectivity index (χ1) is 7.83. The Hall–Kier alpha value is -1.45. The Labute approximate surface area is 98.1 Å². The standard InChI is InChI=1S/C13H12N2S/c14-10-7-5-9(6-8-10)13-15-11-3-1-2-4-12(11)16-13/h1-7,10H,8,14H2. The molecular formula is C13H12N2S. The van der Waals surface area contributed by atoms with E-state index in [0.29, 0.717) is 0 Å². The lowest BCUT2D eigenvalue weighted by molar-refractivity contribution is 0.828. The normalized spacial score (nSPS) is 20.1. The molecule has 80 valence electrons. The third-order valence-electron chi connectivity index (χ3n) is 2.67. The van der Waals surface area contributed by atoms with E-state index in [1.807, 2.05) is 24.3 Å². The molecule has 1 atom stereocenters. The molecule has 1 unspecified atom stereocenters. The van der Waals surface area contributed by atoms with E-state index in [9.17, 15) is 0 Å². The molecule has 1 aliphatic rings. The molecular weight excluding hydrogens is 216 g/mol. The number of hydrogen-bond donors (Lipinski definition) is 1. The lowest BCUT2D eigenvalue weighted by Gasteiger charge is -2.09. The molecule has 1 heterocycles. The average Bonchev–Trinajstić information content (AvgIpc) is 2.73. The SMILES string of the molecule is NC1C=CC(c2nc3ccccc3s2)=CC1. The molecule has 1 aromatic heterocycles. The van der Waals surface area contributed by atoms with Crippen molar-refractivity contribution in [3.05, 3.63) is 47.5 Å². The monoisotopic (exact) mass is 228 g/mol. The zero-order chi connectivity index (χ0) is 11.0. The Kier molecular flexibility index (Phi) is 2.35. The van der Waals surface area contributed by atoms with Gasteiger partial charge in [0.15, 0.2) is 0 Å². The maximum Gasteiger partial charge on any atom is 0.124 e. The van der Waals surface area contributed by atoms with Gasteiger partial charge in [-0.05, 0) is 18.6 Å². The van der Waals surface area contributed by atoms with Gasteiger partial charge < -0.3 is 5.73 Å². The highest BCUT2D eigenvalue weighted by molar-refractivity contribution is 7.19. The summed E-state index contributed by atoms with van der Waals surface area (Å²) < 4.78 is 1.24. The molecule has 2 aromatic rings. The van der Waals surface area contributed by atoms with Crippen molar-refractivity contribution >= 4 is 27.1 Å². The van der Waals surface area contributed by atoms with Gasteiger partial charge in [0.2, 0.25) is 0 Å². The van der Waals surface area contributed by atoms with Gasteiger partial charge in [0.25, 0.3) is 0 Å². The second kappa shape index (κ2) is 3.85. The predicted molar refractivity (Wildman–Crippen MR) is 69.3 cm³/mol. The molecule has 0 bridgehead atoms. The van der Waals surface area contributed by atoms with Gasteiger partial charge in [-0.25, -0.2) is 4.98 Å². The zero-order valence-corrected chi connectivity index (χ0v) is 9.58. The van der Waals surface area contributed by atoms with E-state index in [-0.39, 0.29) is 6.04 Å². The van der Waals surface area contributed by atoms with Crippen LogP contribution in [0.2, 0.25) is 0 Å². The minimum Gasteiger partial charge on any atom is -0.324 e. The van der Waals surface area contributed by atoms with E-state index < -0.39 is 0 Å². The Morgan fingerprint density at radius 2 is 2.19 bits per heavy atom. The third-order valence-corrected chi connectivity index (χ3v) is 3.76. The van der Waals surface area contributed by atoms with Crippen LogP contribution in [0, 0.1) is 0 Å². The summed E-state index contributed by atoms with van der Waals surface area (Å²) in [6.45, 7) is 0. The van der Waals surface area contributed by atoms with E-state index in [0.717, 1.165) is 16.9 Å². The molecule has 1 aliphatic carbocycles. The van der Waals surface area contributed by atoms with Crippen molar-refractivity contribution in [3.63, 3.8) is 0 Å². The highest BCUT2D eigenvalue weighted by Gasteiger charge is 2.09. The molecule has 3 rings (SSSR count). The molecule has 0 spiro atoms. The third kappa shape index (κ3) is 1.68. The molecule has 0 saturated heterocycles. The number of nitrogens with two attached hydrogens (primary N) is 1. The average molecular weight is 228 g/mol. The highest BCUT2D eigenvalue weighted by atomic mass is 32.1. The molecule has 0 saturated carbocycles. The van der Waals surface area contributed by atoms with Crippen LogP contribution in [0.15, 0.2) is 42.5 Å². The lowest BCUT2D eigenvalue weighted by atomic mass is 10.0. The van der Waals surface area contributed by atoms with Gasteiger partial charge in [-0.15, -0.1) is 11.3 Å². The number of rotatable bonds is 1. The predicted octanol–water partition coefficient (Wildman–Crippen LogP) is 2.97. The first-order valence-corrected chi connectivity index (χ1v) is 6.14. The van der Waals surface area contributed by atoms with Gasteiger partial charge in [-0.3, -0.25) is 0 Å². The van der Waals surface area contributed by atoms with Crippen molar-refractivity contribution in [2.24, 2.45) is 5.73 Å². The van der Waals surface area contributed by atoms with Crippen molar-refractivity contribution in [1.82, 2.24) is 4.98 Å². The molecule has 0 amide bonds. The van der Waals surface area contributed by atoms with Gasteiger partial charge >= 0.3 is 0 Å². The van der Waals surface area contributed by atoms with Crippen LogP contribution in [-0.2, 0) is 0 Å². The van der Waals surface area contributed by atoms with E-state index in [4.69, 9.17) is 5.73 Å². The largest absolute Gasteiger partial charge is 0.324 e. The van der Waals surface area contributed by atoms with Crippen LogP contribution in [0.4, 0.5) is 0 Å². The number of hydrogen-bond acceptors (Lipinski definition) is 3. The number of benzene rings is 1. The van der Waals surface area contributed by atoms with Crippen molar-refractivity contribution in [3.8, 4) is 0 Å². The van der Waals surface area contributed by atoms with Crippen LogP contribution in [0.3, 0.4) is 0 Å². The second-order valence-electron chi connectivity index (χ2n) is 3.90. The van der Waals surface area contributed by atoms with Gasteiger partial charge in [-0.2, -0.15) is 0 Å². The molecule has 0 radical (unpaired) electrons. The van der Waals surface area contributed by atoms with E-state index >= 15 is 0 Å². The summed E-state index contributed by atoms with van der Waals surface area (Å²) in [5.74, 6) is 0. The van der Waals surface area contributed by atoms with E-state index in [1.165, 1.54) is 10.3 Å².